The number of amides is 1. The van der Waals surface area contributed by atoms with Gasteiger partial charge in [0.05, 0.1) is 23.6 Å². The average Bonchev–Trinajstić information content (AvgIpc) is 2.09. The van der Waals surface area contributed by atoms with Crippen LogP contribution in [-0.2, 0) is 19.4 Å². The Hall–Kier alpha value is -1.11. The van der Waals surface area contributed by atoms with Gasteiger partial charge in [-0.05, 0) is 20.8 Å². The summed E-state index contributed by atoms with van der Waals surface area (Å²) in [5, 5.41) is 0. The van der Waals surface area contributed by atoms with Crippen LogP contribution < -0.4 is 0 Å². The monoisotopic (exact) mass is 289 g/mol. The highest BCUT2D eigenvalue weighted by atomic mass is 32.2. The van der Waals surface area contributed by atoms with Gasteiger partial charge in [-0.1, -0.05) is 0 Å². The van der Waals surface area contributed by atoms with Crippen LogP contribution in [0.25, 0.3) is 0 Å². The first-order chi connectivity index (χ1) is 8.57. The van der Waals surface area contributed by atoms with Gasteiger partial charge in [0.15, 0.2) is 9.84 Å². The summed E-state index contributed by atoms with van der Waals surface area (Å²) in [5.74, 6) is -0.270. The highest BCUT2D eigenvalue weighted by molar-refractivity contribution is 7.91. The lowest BCUT2D eigenvalue weighted by atomic mass is 9.96. The second kappa shape index (κ2) is 4.47. The highest BCUT2D eigenvalue weighted by Crippen LogP contribution is 2.29. The van der Waals surface area contributed by atoms with E-state index in [2.05, 4.69) is 0 Å². The van der Waals surface area contributed by atoms with E-state index in [4.69, 9.17) is 4.74 Å². The molecule has 2 fully saturated rings. The van der Waals surface area contributed by atoms with Crippen molar-refractivity contribution in [2.75, 3.05) is 11.5 Å². The van der Waals surface area contributed by atoms with Crippen LogP contribution in [0.3, 0.4) is 0 Å². The number of sulfone groups is 1. The summed E-state index contributed by atoms with van der Waals surface area (Å²) >= 11 is 0. The van der Waals surface area contributed by atoms with Crippen LogP contribution in [0.5, 0.6) is 0 Å². The Morgan fingerprint density at radius 1 is 1.21 bits per heavy atom. The van der Waals surface area contributed by atoms with Crippen molar-refractivity contribution >= 4 is 21.7 Å². The molecule has 0 N–H and O–H groups in total. The Kier molecular flexibility index (Phi) is 3.36. The molecule has 6 nitrogen and oxygen atoms in total. The normalized spacial score (nSPS) is 30.1. The van der Waals surface area contributed by atoms with E-state index < -0.39 is 33.6 Å². The number of nitrogens with zero attached hydrogens (tertiary/aromatic N) is 1. The standard InChI is InChI=1S/C12H19NO5S/c1-12(2,3)18-11(15)13-8-4-10(14)5-9(13)7-19(16,17)6-8/h8-9H,4-7H2,1-3H3. The lowest BCUT2D eigenvalue weighted by molar-refractivity contribution is -0.124. The molecule has 2 heterocycles. The molecular formula is C12H19NO5S. The van der Waals surface area contributed by atoms with Crippen molar-refractivity contribution in [1.82, 2.24) is 4.90 Å². The average molecular weight is 289 g/mol. The summed E-state index contributed by atoms with van der Waals surface area (Å²) < 4.78 is 28.8. The third-order valence-electron chi connectivity index (χ3n) is 3.21. The number of fused-ring (bicyclic) bond motifs is 2. The molecule has 2 rings (SSSR count). The second-order valence-electron chi connectivity index (χ2n) is 6.22. The maximum absolute atomic E-state index is 12.1. The number of rotatable bonds is 0. The SMILES string of the molecule is CC(C)(C)OC(=O)N1C2CC(=O)CC1CS(=O)(=O)C2. The lowest BCUT2D eigenvalue weighted by Crippen LogP contribution is -2.61. The number of piperidine rings is 1. The molecular weight excluding hydrogens is 270 g/mol. The maximum atomic E-state index is 12.1. The number of ether oxygens (including phenoxy) is 1. The van der Waals surface area contributed by atoms with E-state index in [0.29, 0.717) is 0 Å². The molecule has 108 valence electrons. The molecule has 0 radical (unpaired) electrons. The number of hydrogen-bond donors (Lipinski definition) is 0. The third-order valence-corrected chi connectivity index (χ3v) is 5.00. The first-order valence-corrected chi connectivity index (χ1v) is 8.13. The summed E-state index contributed by atoms with van der Waals surface area (Å²) in [5.41, 5.74) is -0.633. The van der Waals surface area contributed by atoms with Crippen molar-refractivity contribution in [2.45, 2.75) is 51.3 Å². The summed E-state index contributed by atoms with van der Waals surface area (Å²) in [7, 11) is -3.18. The van der Waals surface area contributed by atoms with E-state index >= 15 is 0 Å². The predicted molar refractivity (Wildman–Crippen MR) is 68.5 cm³/mol. The number of carbonyl (C=O) groups excluding carboxylic acids is 2. The summed E-state index contributed by atoms with van der Waals surface area (Å²) in [6.45, 7) is 5.27. The van der Waals surface area contributed by atoms with Gasteiger partial charge >= 0.3 is 6.09 Å². The molecule has 0 aromatic heterocycles. The Morgan fingerprint density at radius 3 is 2.11 bits per heavy atom. The van der Waals surface area contributed by atoms with Crippen LogP contribution >= 0.6 is 0 Å². The van der Waals surface area contributed by atoms with Gasteiger partial charge < -0.3 is 4.74 Å². The minimum atomic E-state index is -3.18. The van der Waals surface area contributed by atoms with E-state index in [0.717, 1.165) is 0 Å². The Morgan fingerprint density at radius 2 is 1.68 bits per heavy atom. The molecule has 2 unspecified atom stereocenters. The topological polar surface area (TPSA) is 80.8 Å². The molecule has 0 aliphatic carbocycles. The lowest BCUT2D eigenvalue weighted by Gasteiger charge is -2.44. The van der Waals surface area contributed by atoms with Crippen molar-refractivity contribution in [3.63, 3.8) is 0 Å². The Labute approximate surface area is 113 Å². The van der Waals surface area contributed by atoms with Crippen molar-refractivity contribution in [3.8, 4) is 0 Å². The number of carbonyl (C=O) groups is 2. The first kappa shape index (κ1) is 14.3. The summed E-state index contributed by atoms with van der Waals surface area (Å²) in [6.07, 6.45) is -0.311. The van der Waals surface area contributed by atoms with Crippen molar-refractivity contribution < 1.29 is 22.7 Å². The van der Waals surface area contributed by atoms with Crippen molar-refractivity contribution in [1.29, 1.82) is 0 Å². The first-order valence-electron chi connectivity index (χ1n) is 6.31. The van der Waals surface area contributed by atoms with Gasteiger partial charge in [-0.2, -0.15) is 0 Å². The van der Waals surface area contributed by atoms with Gasteiger partial charge in [-0.25, -0.2) is 13.2 Å². The van der Waals surface area contributed by atoms with E-state index in [1.54, 1.807) is 20.8 Å². The quantitative estimate of drug-likeness (QED) is 0.657. The van der Waals surface area contributed by atoms with Crippen LogP contribution in [-0.4, -0.2) is 54.4 Å². The van der Waals surface area contributed by atoms with E-state index in [-0.39, 0.29) is 30.1 Å². The molecule has 2 bridgehead atoms. The van der Waals surface area contributed by atoms with Gasteiger partial charge in [-0.3, -0.25) is 9.69 Å². The molecule has 2 aliphatic heterocycles. The van der Waals surface area contributed by atoms with E-state index in [1.807, 2.05) is 0 Å². The maximum Gasteiger partial charge on any atom is 0.410 e. The molecule has 2 atom stereocenters. The molecule has 19 heavy (non-hydrogen) atoms. The van der Waals surface area contributed by atoms with Crippen LogP contribution in [0.2, 0.25) is 0 Å². The predicted octanol–water partition coefficient (Wildman–Crippen LogP) is 0.752. The van der Waals surface area contributed by atoms with Gasteiger partial charge in [0, 0.05) is 12.8 Å². The zero-order chi connectivity index (χ0) is 14.4. The Balaban J connectivity index is 2.22. The number of Topliss-reactive ketones (excluding diaryl/α,β-unsaturated/α-hetero) is 1. The molecule has 0 aromatic carbocycles. The number of hydrogen-bond acceptors (Lipinski definition) is 5. The van der Waals surface area contributed by atoms with Gasteiger partial charge in [0.2, 0.25) is 0 Å². The molecule has 0 saturated carbocycles. The summed E-state index contributed by atoms with van der Waals surface area (Å²) in [6, 6.07) is -1.14. The fourth-order valence-electron chi connectivity index (χ4n) is 2.65. The zero-order valence-corrected chi connectivity index (χ0v) is 12.2. The smallest absolute Gasteiger partial charge is 0.410 e. The van der Waals surface area contributed by atoms with Gasteiger partial charge in [-0.15, -0.1) is 0 Å². The van der Waals surface area contributed by atoms with Crippen molar-refractivity contribution in [2.24, 2.45) is 0 Å². The molecule has 1 amide bonds. The number of ketones is 1. The van der Waals surface area contributed by atoms with Crippen LogP contribution in [0.4, 0.5) is 4.79 Å². The molecule has 0 aromatic rings. The fourth-order valence-corrected chi connectivity index (χ4v) is 4.51. The van der Waals surface area contributed by atoms with Gasteiger partial charge in [0.1, 0.15) is 11.4 Å². The van der Waals surface area contributed by atoms with E-state index in [1.165, 1.54) is 4.90 Å². The molecule has 2 aliphatic rings. The molecule has 0 spiro atoms. The molecule has 7 heteroatoms. The second-order valence-corrected chi connectivity index (χ2v) is 8.37. The van der Waals surface area contributed by atoms with Crippen molar-refractivity contribution in [3.05, 3.63) is 0 Å². The zero-order valence-electron chi connectivity index (χ0n) is 11.4. The van der Waals surface area contributed by atoms with Crippen LogP contribution in [0, 0.1) is 0 Å². The largest absolute Gasteiger partial charge is 0.444 e. The fraction of sp³-hybridized carbons (Fsp3) is 0.833. The third kappa shape index (κ3) is 3.26. The van der Waals surface area contributed by atoms with Crippen LogP contribution in [0.15, 0.2) is 0 Å². The van der Waals surface area contributed by atoms with E-state index in [9.17, 15) is 18.0 Å². The van der Waals surface area contributed by atoms with Crippen LogP contribution in [0.1, 0.15) is 33.6 Å². The molecule has 2 saturated heterocycles. The minimum absolute atomic E-state index is 0.0182. The highest BCUT2D eigenvalue weighted by Gasteiger charge is 2.47. The Bertz CT molecular complexity index is 481. The minimum Gasteiger partial charge on any atom is -0.444 e. The summed E-state index contributed by atoms with van der Waals surface area (Å²) in [4.78, 5) is 25.2. The van der Waals surface area contributed by atoms with Gasteiger partial charge in [0.25, 0.3) is 0 Å².